The van der Waals surface area contributed by atoms with Crippen LogP contribution in [0.15, 0.2) is 35.4 Å². The van der Waals surface area contributed by atoms with Gasteiger partial charge >= 0.3 is 5.97 Å². The normalized spacial score (nSPS) is 11.0. The van der Waals surface area contributed by atoms with E-state index in [0.717, 1.165) is 10.4 Å². The Balaban J connectivity index is 1.59. The van der Waals surface area contributed by atoms with Gasteiger partial charge in [-0.2, -0.15) is 4.68 Å². The van der Waals surface area contributed by atoms with Gasteiger partial charge in [-0.15, -0.1) is 16.4 Å². The molecule has 0 fully saturated rings. The standard InChI is InChI=1S/C17H14N6O3S/c1-9-10(2)27-16-14(9)15(24)19-13(20-16)7-26-17(25)11-5-3-4-6-12(11)23-8-18-21-22-23/h3-6,8H,7H2,1-2H3,(H,19,20,24). The molecule has 0 saturated heterocycles. The molecule has 0 atom stereocenters. The average molecular weight is 382 g/mol. The number of fused-ring (bicyclic) bond motifs is 1. The zero-order valence-corrected chi connectivity index (χ0v) is 15.3. The predicted molar refractivity (Wildman–Crippen MR) is 98.0 cm³/mol. The van der Waals surface area contributed by atoms with Crippen molar-refractivity contribution in [3.05, 3.63) is 62.8 Å². The van der Waals surface area contributed by atoms with Gasteiger partial charge < -0.3 is 9.72 Å². The fourth-order valence-electron chi connectivity index (χ4n) is 2.70. The molecule has 0 radical (unpaired) electrons. The third-order valence-corrected chi connectivity index (χ3v) is 5.25. The third-order valence-electron chi connectivity index (χ3n) is 4.15. The number of thiophene rings is 1. The summed E-state index contributed by atoms with van der Waals surface area (Å²) in [6.45, 7) is 3.68. The van der Waals surface area contributed by atoms with Crippen molar-refractivity contribution >= 4 is 27.5 Å². The summed E-state index contributed by atoms with van der Waals surface area (Å²) in [5.74, 6) is -0.274. The first-order valence-electron chi connectivity index (χ1n) is 8.03. The lowest BCUT2D eigenvalue weighted by molar-refractivity contribution is 0.0462. The van der Waals surface area contributed by atoms with Crippen LogP contribution >= 0.6 is 11.3 Å². The molecule has 0 bridgehead atoms. The Labute approximate surface area is 156 Å². The van der Waals surface area contributed by atoms with E-state index in [9.17, 15) is 9.59 Å². The molecule has 0 spiro atoms. The number of nitrogens with zero attached hydrogens (tertiary/aromatic N) is 5. The van der Waals surface area contributed by atoms with Gasteiger partial charge in [0.2, 0.25) is 0 Å². The summed E-state index contributed by atoms with van der Waals surface area (Å²) in [6.07, 6.45) is 1.39. The van der Waals surface area contributed by atoms with Crippen molar-refractivity contribution < 1.29 is 9.53 Å². The van der Waals surface area contributed by atoms with Crippen LogP contribution in [0.1, 0.15) is 26.6 Å². The first kappa shape index (κ1) is 17.0. The quantitative estimate of drug-likeness (QED) is 0.536. The number of aromatic amines is 1. The Morgan fingerprint density at radius 3 is 2.89 bits per heavy atom. The van der Waals surface area contributed by atoms with Crippen LogP contribution in [0.3, 0.4) is 0 Å². The average Bonchev–Trinajstić information content (AvgIpc) is 3.29. The van der Waals surface area contributed by atoms with E-state index < -0.39 is 5.97 Å². The van der Waals surface area contributed by atoms with Crippen LogP contribution in [-0.2, 0) is 11.3 Å². The Morgan fingerprint density at radius 2 is 2.11 bits per heavy atom. The Bertz CT molecular complexity index is 1200. The monoisotopic (exact) mass is 382 g/mol. The summed E-state index contributed by atoms with van der Waals surface area (Å²) in [5.41, 5.74) is 1.48. The molecule has 0 saturated carbocycles. The molecule has 27 heavy (non-hydrogen) atoms. The molecular weight excluding hydrogens is 368 g/mol. The largest absolute Gasteiger partial charge is 0.454 e. The van der Waals surface area contributed by atoms with Gasteiger partial charge in [-0.05, 0) is 42.0 Å². The van der Waals surface area contributed by atoms with Gasteiger partial charge in [-0.25, -0.2) is 9.78 Å². The second-order valence-electron chi connectivity index (χ2n) is 5.82. The highest BCUT2D eigenvalue weighted by atomic mass is 32.1. The van der Waals surface area contributed by atoms with Gasteiger partial charge in [0.15, 0.2) is 0 Å². The van der Waals surface area contributed by atoms with Crippen LogP contribution in [0.25, 0.3) is 15.9 Å². The first-order chi connectivity index (χ1) is 13.0. The molecule has 136 valence electrons. The molecule has 1 N–H and O–H groups in total. The number of tetrazole rings is 1. The number of para-hydroxylation sites is 1. The number of hydrogen-bond acceptors (Lipinski definition) is 8. The minimum absolute atomic E-state index is 0.149. The number of carbonyl (C=O) groups is 1. The lowest BCUT2D eigenvalue weighted by Crippen LogP contribution is -2.15. The maximum absolute atomic E-state index is 12.5. The fourth-order valence-corrected chi connectivity index (χ4v) is 3.75. The Hall–Kier alpha value is -3.40. The molecule has 3 aromatic heterocycles. The number of nitrogens with one attached hydrogen (secondary N) is 1. The van der Waals surface area contributed by atoms with E-state index in [1.807, 2.05) is 13.8 Å². The summed E-state index contributed by atoms with van der Waals surface area (Å²) in [4.78, 5) is 33.6. The van der Waals surface area contributed by atoms with E-state index in [0.29, 0.717) is 27.3 Å². The molecule has 4 aromatic rings. The number of rotatable bonds is 4. The van der Waals surface area contributed by atoms with Gasteiger partial charge in [0.1, 0.15) is 23.6 Å². The highest BCUT2D eigenvalue weighted by Crippen LogP contribution is 2.25. The van der Waals surface area contributed by atoms with Gasteiger partial charge in [0, 0.05) is 4.88 Å². The number of hydrogen-bond donors (Lipinski definition) is 1. The molecule has 1 aromatic carbocycles. The SMILES string of the molecule is Cc1sc2nc(COC(=O)c3ccccc3-n3cnnn3)[nH]c(=O)c2c1C. The van der Waals surface area contributed by atoms with E-state index in [-0.39, 0.29) is 12.2 Å². The Kier molecular flexibility index (Phi) is 4.24. The summed E-state index contributed by atoms with van der Waals surface area (Å²) >= 11 is 1.44. The third kappa shape index (κ3) is 3.10. The second-order valence-corrected chi connectivity index (χ2v) is 7.03. The van der Waals surface area contributed by atoms with Crippen molar-refractivity contribution in [3.8, 4) is 5.69 Å². The van der Waals surface area contributed by atoms with Crippen LogP contribution < -0.4 is 5.56 Å². The molecule has 9 nitrogen and oxygen atoms in total. The van der Waals surface area contributed by atoms with Crippen molar-refractivity contribution in [1.82, 2.24) is 30.2 Å². The van der Waals surface area contributed by atoms with Crippen LogP contribution in [0.4, 0.5) is 0 Å². The van der Waals surface area contributed by atoms with Crippen LogP contribution in [-0.4, -0.2) is 36.1 Å². The zero-order valence-electron chi connectivity index (χ0n) is 14.5. The summed E-state index contributed by atoms with van der Waals surface area (Å²) in [5, 5.41) is 11.5. The molecule has 0 aliphatic heterocycles. The first-order valence-corrected chi connectivity index (χ1v) is 8.84. The van der Waals surface area contributed by atoms with Crippen molar-refractivity contribution in [2.75, 3.05) is 0 Å². The van der Waals surface area contributed by atoms with Gasteiger partial charge in [0.05, 0.1) is 16.6 Å². The highest BCUT2D eigenvalue weighted by Gasteiger charge is 2.16. The summed E-state index contributed by atoms with van der Waals surface area (Å²) < 4.78 is 6.72. The predicted octanol–water partition coefficient (Wildman–Crippen LogP) is 1.93. The number of carbonyl (C=O) groups excluding carboxylic acids is 1. The smallest absolute Gasteiger partial charge is 0.340 e. The highest BCUT2D eigenvalue weighted by molar-refractivity contribution is 7.18. The van der Waals surface area contributed by atoms with Gasteiger partial charge in [0.25, 0.3) is 5.56 Å². The molecule has 0 amide bonds. The van der Waals surface area contributed by atoms with E-state index in [2.05, 4.69) is 25.5 Å². The molecule has 4 rings (SSSR count). The minimum atomic E-state index is -0.567. The summed E-state index contributed by atoms with van der Waals surface area (Å²) in [7, 11) is 0. The van der Waals surface area contributed by atoms with Gasteiger partial charge in [-0.1, -0.05) is 12.1 Å². The number of aromatic nitrogens is 6. The number of aryl methyl sites for hydroxylation is 2. The van der Waals surface area contributed by atoms with Crippen molar-refractivity contribution in [2.45, 2.75) is 20.5 Å². The minimum Gasteiger partial charge on any atom is -0.454 e. The molecular formula is C17H14N6O3S. The summed E-state index contributed by atoms with van der Waals surface area (Å²) in [6, 6.07) is 6.80. The van der Waals surface area contributed by atoms with Crippen molar-refractivity contribution in [3.63, 3.8) is 0 Å². The van der Waals surface area contributed by atoms with Crippen LogP contribution in [0, 0.1) is 13.8 Å². The number of esters is 1. The van der Waals surface area contributed by atoms with E-state index in [1.165, 1.54) is 22.3 Å². The van der Waals surface area contributed by atoms with Crippen LogP contribution in [0.5, 0.6) is 0 Å². The molecule has 0 unspecified atom stereocenters. The number of ether oxygens (including phenoxy) is 1. The zero-order chi connectivity index (χ0) is 19.0. The molecule has 0 aliphatic rings. The number of benzene rings is 1. The van der Waals surface area contributed by atoms with E-state index >= 15 is 0 Å². The fraction of sp³-hybridized carbons (Fsp3) is 0.176. The molecule has 3 heterocycles. The van der Waals surface area contributed by atoms with Crippen LogP contribution in [0.2, 0.25) is 0 Å². The lowest BCUT2D eigenvalue weighted by Gasteiger charge is -2.08. The van der Waals surface area contributed by atoms with Gasteiger partial charge in [-0.3, -0.25) is 4.79 Å². The molecule has 10 heteroatoms. The maximum atomic E-state index is 12.5. The van der Waals surface area contributed by atoms with E-state index in [1.54, 1.807) is 24.3 Å². The Morgan fingerprint density at radius 1 is 1.30 bits per heavy atom. The van der Waals surface area contributed by atoms with Crippen molar-refractivity contribution in [1.29, 1.82) is 0 Å². The number of H-pyrrole nitrogens is 1. The molecule has 0 aliphatic carbocycles. The van der Waals surface area contributed by atoms with Crippen molar-refractivity contribution in [2.24, 2.45) is 0 Å². The second kappa shape index (κ2) is 6.72. The lowest BCUT2D eigenvalue weighted by atomic mass is 10.2. The maximum Gasteiger partial charge on any atom is 0.340 e. The topological polar surface area (TPSA) is 116 Å². The van der Waals surface area contributed by atoms with E-state index in [4.69, 9.17) is 4.74 Å².